The van der Waals surface area contributed by atoms with Gasteiger partial charge in [0, 0.05) is 42.6 Å². The minimum Gasteiger partial charge on any atom is -0.377 e. The smallest absolute Gasteiger partial charge is 0.0895 e. The molecule has 3 heterocycles. The number of hydrogen-bond donors (Lipinski definition) is 1. The minimum absolute atomic E-state index is 0.214. The maximum Gasteiger partial charge on any atom is 0.0895 e. The molecule has 0 saturated carbocycles. The third-order valence-electron chi connectivity index (χ3n) is 4.46. The van der Waals surface area contributed by atoms with Crippen molar-refractivity contribution in [2.24, 2.45) is 13.0 Å². The van der Waals surface area contributed by atoms with Crippen molar-refractivity contribution >= 4 is 5.69 Å². The number of rotatable bonds is 1. The van der Waals surface area contributed by atoms with Gasteiger partial charge in [-0.3, -0.25) is 4.68 Å². The highest BCUT2D eigenvalue weighted by Crippen LogP contribution is 2.48. The molecule has 0 spiro atoms. The summed E-state index contributed by atoms with van der Waals surface area (Å²) in [4.78, 5) is 0. The van der Waals surface area contributed by atoms with Gasteiger partial charge in [-0.2, -0.15) is 5.10 Å². The zero-order valence-electron chi connectivity index (χ0n) is 11.6. The summed E-state index contributed by atoms with van der Waals surface area (Å²) in [7, 11) is 1.97. The third kappa shape index (κ3) is 1.83. The number of benzene rings is 1. The number of ether oxygens (including phenoxy) is 1. The van der Waals surface area contributed by atoms with E-state index < -0.39 is 0 Å². The Bertz CT molecular complexity index is 622. The first kappa shape index (κ1) is 12.0. The quantitative estimate of drug-likeness (QED) is 0.865. The first-order chi connectivity index (χ1) is 9.83. The van der Waals surface area contributed by atoms with Crippen molar-refractivity contribution in [1.29, 1.82) is 0 Å². The highest BCUT2D eigenvalue weighted by molar-refractivity contribution is 5.56. The van der Waals surface area contributed by atoms with Crippen molar-refractivity contribution in [2.75, 3.05) is 11.9 Å². The molecule has 0 unspecified atom stereocenters. The van der Waals surface area contributed by atoms with Gasteiger partial charge in [0.2, 0.25) is 0 Å². The minimum atomic E-state index is 0.214. The van der Waals surface area contributed by atoms with E-state index in [0.29, 0.717) is 12.0 Å². The topological polar surface area (TPSA) is 39.1 Å². The molecule has 1 saturated heterocycles. The van der Waals surface area contributed by atoms with Crippen molar-refractivity contribution in [3.8, 4) is 0 Å². The van der Waals surface area contributed by atoms with Crippen molar-refractivity contribution in [3.05, 3.63) is 47.8 Å². The Kier molecular flexibility index (Phi) is 2.77. The average Bonchev–Trinajstić information content (AvgIpc) is 2.93. The largest absolute Gasteiger partial charge is 0.377 e. The maximum atomic E-state index is 6.10. The SMILES string of the molecule is Cn1cc([C@@H]2Nc3ccccc3[C@H]3OCCC[C@H]32)cn1. The number of nitrogens with one attached hydrogen (secondary N) is 1. The molecule has 1 N–H and O–H groups in total. The normalized spacial score (nSPS) is 28.4. The summed E-state index contributed by atoms with van der Waals surface area (Å²) < 4.78 is 7.97. The van der Waals surface area contributed by atoms with Crippen LogP contribution in [0.25, 0.3) is 0 Å². The van der Waals surface area contributed by atoms with Gasteiger partial charge in [-0.15, -0.1) is 0 Å². The van der Waals surface area contributed by atoms with Crippen LogP contribution in [0.15, 0.2) is 36.7 Å². The second-order valence-electron chi connectivity index (χ2n) is 5.75. The second kappa shape index (κ2) is 4.63. The Hall–Kier alpha value is -1.81. The van der Waals surface area contributed by atoms with Gasteiger partial charge in [0.1, 0.15) is 0 Å². The van der Waals surface area contributed by atoms with E-state index in [2.05, 4.69) is 40.9 Å². The van der Waals surface area contributed by atoms with Crippen LogP contribution in [0.2, 0.25) is 0 Å². The molecule has 0 bridgehead atoms. The van der Waals surface area contributed by atoms with Crippen LogP contribution in [0.4, 0.5) is 5.69 Å². The molecule has 2 aromatic rings. The summed E-state index contributed by atoms with van der Waals surface area (Å²) in [5.74, 6) is 0.489. The van der Waals surface area contributed by atoms with E-state index in [1.807, 2.05) is 17.9 Å². The van der Waals surface area contributed by atoms with Gasteiger partial charge < -0.3 is 10.1 Å². The number of anilines is 1. The van der Waals surface area contributed by atoms with Crippen molar-refractivity contribution < 1.29 is 4.74 Å². The molecule has 104 valence electrons. The molecule has 0 amide bonds. The molecule has 1 fully saturated rings. The molecule has 0 radical (unpaired) electrons. The Morgan fingerprint density at radius 1 is 1.35 bits per heavy atom. The molecular weight excluding hydrogens is 250 g/mol. The van der Waals surface area contributed by atoms with Gasteiger partial charge in [-0.25, -0.2) is 0 Å². The zero-order valence-corrected chi connectivity index (χ0v) is 11.6. The summed E-state index contributed by atoms with van der Waals surface area (Å²) in [5.41, 5.74) is 3.75. The van der Waals surface area contributed by atoms with E-state index in [4.69, 9.17) is 4.74 Å². The standard InChI is InChI=1S/C16H19N3O/c1-19-10-11(9-17-19)15-13-6-4-8-20-16(13)12-5-2-3-7-14(12)18-15/h2-3,5,7,9-10,13,15-16,18H,4,6,8H2,1H3/t13-,15-,16+/m0/s1. The molecule has 0 aliphatic carbocycles. The lowest BCUT2D eigenvalue weighted by Crippen LogP contribution is -2.35. The summed E-state index contributed by atoms with van der Waals surface area (Å²) in [5, 5.41) is 8.01. The molecule has 2 aliphatic rings. The monoisotopic (exact) mass is 269 g/mol. The van der Waals surface area contributed by atoms with E-state index >= 15 is 0 Å². The summed E-state index contributed by atoms with van der Waals surface area (Å²) in [6.07, 6.45) is 6.63. The predicted molar refractivity (Wildman–Crippen MR) is 77.4 cm³/mol. The Morgan fingerprint density at radius 3 is 3.10 bits per heavy atom. The number of aryl methyl sites for hydroxylation is 1. The summed E-state index contributed by atoms with van der Waals surface area (Å²) >= 11 is 0. The lowest BCUT2D eigenvalue weighted by Gasteiger charge is -2.42. The van der Waals surface area contributed by atoms with Gasteiger partial charge >= 0.3 is 0 Å². The van der Waals surface area contributed by atoms with Gasteiger partial charge in [0.25, 0.3) is 0 Å². The Labute approximate surface area is 118 Å². The first-order valence-electron chi connectivity index (χ1n) is 7.28. The van der Waals surface area contributed by atoms with Crippen LogP contribution >= 0.6 is 0 Å². The lowest BCUT2D eigenvalue weighted by atomic mass is 9.78. The Balaban J connectivity index is 1.77. The van der Waals surface area contributed by atoms with Crippen LogP contribution < -0.4 is 5.32 Å². The Morgan fingerprint density at radius 2 is 2.25 bits per heavy atom. The second-order valence-corrected chi connectivity index (χ2v) is 5.75. The number of para-hydroxylation sites is 1. The summed E-state index contributed by atoms with van der Waals surface area (Å²) in [6, 6.07) is 8.80. The number of hydrogen-bond acceptors (Lipinski definition) is 3. The van der Waals surface area contributed by atoms with Crippen LogP contribution in [0.1, 0.15) is 36.1 Å². The van der Waals surface area contributed by atoms with E-state index in [9.17, 15) is 0 Å². The fourth-order valence-corrected chi connectivity index (χ4v) is 3.55. The fraction of sp³-hybridized carbons (Fsp3) is 0.438. The molecule has 20 heavy (non-hydrogen) atoms. The van der Waals surface area contributed by atoms with Crippen LogP contribution in [0.3, 0.4) is 0 Å². The van der Waals surface area contributed by atoms with Gasteiger partial charge in [0.15, 0.2) is 0 Å². The molecule has 3 atom stereocenters. The molecule has 1 aromatic carbocycles. The van der Waals surface area contributed by atoms with Gasteiger partial charge in [-0.1, -0.05) is 18.2 Å². The lowest BCUT2D eigenvalue weighted by molar-refractivity contribution is -0.0381. The van der Waals surface area contributed by atoms with Crippen LogP contribution in [0.5, 0.6) is 0 Å². The maximum absolute atomic E-state index is 6.10. The molecule has 1 aromatic heterocycles. The van der Waals surface area contributed by atoms with Crippen LogP contribution in [-0.4, -0.2) is 16.4 Å². The van der Waals surface area contributed by atoms with E-state index in [1.165, 1.54) is 23.2 Å². The first-order valence-corrected chi connectivity index (χ1v) is 7.28. The van der Waals surface area contributed by atoms with E-state index in [1.54, 1.807) is 0 Å². The van der Waals surface area contributed by atoms with Gasteiger partial charge in [0.05, 0.1) is 18.3 Å². The van der Waals surface area contributed by atoms with Crippen molar-refractivity contribution in [2.45, 2.75) is 25.0 Å². The highest BCUT2D eigenvalue weighted by Gasteiger charge is 2.39. The van der Waals surface area contributed by atoms with Crippen molar-refractivity contribution in [3.63, 3.8) is 0 Å². The predicted octanol–water partition coefficient (Wildman–Crippen LogP) is 3.05. The van der Waals surface area contributed by atoms with Crippen molar-refractivity contribution in [1.82, 2.24) is 9.78 Å². The summed E-state index contributed by atoms with van der Waals surface area (Å²) in [6.45, 7) is 0.870. The number of aromatic nitrogens is 2. The fourth-order valence-electron chi connectivity index (χ4n) is 3.55. The highest BCUT2D eigenvalue weighted by atomic mass is 16.5. The van der Waals surface area contributed by atoms with E-state index in [0.717, 1.165) is 13.0 Å². The number of fused-ring (bicyclic) bond motifs is 3. The van der Waals surface area contributed by atoms with Crippen LogP contribution in [0, 0.1) is 5.92 Å². The van der Waals surface area contributed by atoms with E-state index in [-0.39, 0.29) is 6.10 Å². The number of nitrogens with zero attached hydrogens (tertiary/aromatic N) is 2. The molecular formula is C16H19N3O. The van der Waals surface area contributed by atoms with Gasteiger partial charge in [-0.05, 0) is 18.9 Å². The third-order valence-corrected chi connectivity index (χ3v) is 4.46. The molecule has 4 rings (SSSR count). The zero-order chi connectivity index (χ0) is 13.5. The molecule has 4 heteroatoms. The van der Waals surface area contributed by atoms with Crippen LogP contribution in [-0.2, 0) is 11.8 Å². The average molecular weight is 269 g/mol. The molecule has 4 nitrogen and oxygen atoms in total. The molecule has 2 aliphatic heterocycles.